The predicted octanol–water partition coefficient (Wildman–Crippen LogP) is 3.76. The van der Waals surface area contributed by atoms with Gasteiger partial charge in [-0.2, -0.15) is 5.10 Å². The number of fused-ring (bicyclic) bond motifs is 1. The number of carbonyl (C=O) groups excluding carboxylic acids is 1. The van der Waals surface area contributed by atoms with Gasteiger partial charge in [0.25, 0.3) is 5.56 Å². The minimum Gasteiger partial charge on any atom is -0.494 e. The summed E-state index contributed by atoms with van der Waals surface area (Å²) in [6, 6.07) is 5.88. The van der Waals surface area contributed by atoms with Crippen LogP contribution in [0, 0.1) is 12.7 Å². The summed E-state index contributed by atoms with van der Waals surface area (Å²) < 4.78 is 23.9. The monoisotopic (exact) mass is 541 g/mol. The van der Waals surface area contributed by atoms with Crippen LogP contribution in [0.1, 0.15) is 45.7 Å². The van der Waals surface area contributed by atoms with Crippen molar-refractivity contribution in [1.82, 2.24) is 24.2 Å². The minimum absolute atomic E-state index is 0.138. The molecular weight excluding hydrogens is 509 g/mol. The average molecular weight is 542 g/mol. The van der Waals surface area contributed by atoms with Crippen molar-refractivity contribution >= 4 is 27.5 Å². The van der Waals surface area contributed by atoms with E-state index in [0.717, 1.165) is 4.57 Å². The Kier molecular flexibility index (Phi) is 7.59. The van der Waals surface area contributed by atoms with Gasteiger partial charge in [-0.3, -0.25) is 14.2 Å². The largest absolute Gasteiger partial charge is 0.494 e. The number of amides is 1. The molecule has 1 N–H and O–H groups in total. The highest BCUT2D eigenvalue weighted by Crippen LogP contribution is 2.31. The summed E-state index contributed by atoms with van der Waals surface area (Å²) >= 11 is 1.27. The molecule has 38 heavy (non-hydrogen) atoms. The molecule has 11 heteroatoms. The number of carbonyl (C=O) groups is 1. The van der Waals surface area contributed by atoms with Crippen molar-refractivity contribution in [2.24, 2.45) is 0 Å². The lowest BCUT2D eigenvalue weighted by Crippen LogP contribution is -2.56. The molecule has 0 aliphatic carbocycles. The first-order chi connectivity index (χ1) is 18.0. The first-order valence-electron chi connectivity index (χ1n) is 12.5. The third kappa shape index (κ3) is 4.90. The van der Waals surface area contributed by atoms with E-state index in [2.05, 4.69) is 10.4 Å². The van der Waals surface area contributed by atoms with Crippen LogP contribution in [0.5, 0.6) is 5.75 Å². The van der Waals surface area contributed by atoms with Gasteiger partial charge >= 0.3 is 5.69 Å². The molecule has 0 saturated carbocycles. The summed E-state index contributed by atoms with van der Waals surface area (Å²) in [6.07, 6.45) is 3.67. The number of nitrogens with one attached hydrogen (secondary N) is 1. The molecule has 1 amide bonds. The van der Waals surface area contributed by atoms with Gasteiger partial charge in [0, 0.05) is 30.5 Å². The molecule has 4 aromatic rings. The quantitative estimate of drug-likeness (QED) is 0.348. The van der Waals surface area contributed by atoms with Gasteiger partial charge in [-0.25, -0.2) is 18.4 Å². The smallest absolute Gasteiger partial charge is 0.333 e. The van der Waals surface area contributed by atoms with E-state index in [1.54, 1.807) is 50.0 Å². The summed E-state index contributed by atoms with van der Waals surface area (Å²) in [4.78, 5) is 41.5. The first kappa shape index (κ1) is 27.3. The van der Waals surface area contributed by atoms with E-state index in [1.165, 1.54) is 28.0 Å². The van der Waals surface area contributed by atoms with Crippen LogP contribution in [0.4, 0.5) is 4.39 Å². The van der Waals surface area contributed by atoms with Gasteiger partial charge in [-0.05, 0) is 77.8 Å². The molecule has 0 saturated heterocycles. The van der Waals surface area contributed by atoms with Crippen LogP contribution in [0.3, 0.4) is 0 Å². The van der Waals surface area contributed by atoms with E-state index < -0.39 is 28.5 Å². The van der Waals surface area contributed by atoms with Crippen LogP contribution >= 0.6 is 11.3 Å². The van der Waals surface area contributed by atoms with E-state index in [0.29, 0.717) is 38.7 Å². The van der Waals surface area contributed by atoms with Crippen molar-refractivity contribution in [1.29, 1.82) is 0 Å². The molecule has 0 fully saturated rings. The van der Waals surface area contributed by atoms with E-state index >= 15 is 0 Å². The number of thiophene rings is 1. The second kappa shape index (κ2) is 10.6. The lowest BCUT2D eigenvalue weighted by molar-refractivity contribution is -0.129. The van der Waals surface area contributed by atoms with E-state index in [4.69, 9.17) is 4.74 Å². The maximum absolute atomic E-state index is 14.1. The topological polar surface area (TPSA) is 100 Å². The number of benzene rings is 1. The van der Waals surface area contributed by atoms with Gasteiger partial charge in [-0.15, -0.1) is 0 Å². The minimum atomic E-state index is -1.47. The van der Waals surface area contributed by atoms with Crippen molar-refractivity contribution in [3.05, 3.63) is 74.4 Å². The number of halogens is 1. The number of nitrogens with zero attached hydrogens (tertiary/aromatic N) is 4. The lowest BCUT2D eigenvalue weighted by atomic mass is 10.0. The van der Waals surface area contributed by atoms with Crippen LogP contribution < -0.4 is 21.3 Å². The van der Waals surface area contributed by atoms with E-state index in [-0.39, 0.29) is 19.0 Å². The third-order valence-corrected chi connectivity index (χ3v) is 7.67. The van der Waals surface area contributed by atoms with Crippen molar-refractivity contribution in [2.75, 3.05) is 6.61 Å². The molecule has 202 valence electrons. The molecule has 0 bridgehead atoms. The molecule has 1 aromatic carbocycles. The number of aromatic nitrogens is 4. The van der Waals surface area contributed by atoms with Gasteiger partial charge in [0.15, 0.2) is 0 Å². The fourth-order valence-corrected chi connectivity index (χ4v) is 5.71. The van der Waals surface area contributed by atoms with Gasteiger partial charge in [0.1, 0.15) is 26.9 Å². The molecule has 9 nitrogen and oxygen atoms in total. The maximum Gasteiger partial charge on any atom is 0.333 e. The van der Waals surface area contributed by atoms with Gasteiger partial charge < -0.3 is 10.1 Å². The molecular formula is C27H32FN5O4S. The van der Waals surface area contributed by atoms with Crippen LogP contribution in [0.25, 0.3) is 15.2 Å². The third-order valence-electron chi connectivity index (χ3n) is 6.36. The van der Waals surface area contributed by atoms with E-state index in [1.807, 2.05) is 20.8 Å². The van der Waals surface area contributed by atoms with Crippen LogP contribution in [-0.2, 0) is 23.3 Å². The normalized spacial score (nSPS) is 11.9. The molecule has 3 aromatic heterocycles. The van der Waals surface area contributed by atoms with Crippen LogP contribution in [0.15, 0.2) is 46.2 Å². The van der Waals surface area contributed by atoms with Gasteiger partial charge in [0.05, 0.1) is 12.0 Å². The Hall–Kier alpha value is -3.73. The summed E-state index contributed by atoms with van der Waals surface area (Å²) in [5, 5.41) is 8.15. The molecule has 3 heterocycles. The Morgan fingerprint density at radius 2 is 2.00 bits per heavy atom. The molecule has 0 radical (unpaired) electrons. The van der Waals surface area contributed by atoms with Crippen LogP contribution in [-0.4, -0.2) is 37.5 Å². The van der Waals surface area contributed by atoms with Crippen molar-refractivity contribution in [3.8, 4) is 10.8 Å². The number of hydrogen-bond acceptors (Lipinski definition) is 6. The predicted molar refractivity (Wildman–Crippen MR) is 146 cm³/mol. The number of ether oxygens (including phenoxy) is 1. The highest BCUT2D eigenvalue weighted by Gasteiger charge is 2.35. The Bertz CT molecular complexity index is 1600. The number of aryl methyl sites for hydroxylation is 3. The zero-order valence-corrected chi connectivity index (χ0v) is 23.2. The number of rotatable bonds is 9. The number of hydrogen-bond donors (Lipinski definition) is 1. The van der Waals surface area contributed by atoms with Gasteiger partial charge in [0.2, 0.25) is 5.91 Å². The highest BCUT2D eigenvalue weighted by atomic mass is 32.1. The van der Waals surface area contributed by atoms with Gasteiger partial charge in [-0.1, -0.05) is 11.3 Å². The van der Waals surface area contributed by atoms with Crippen LogP contribution in [0.2, 0.25) is 0 Å². The molecule has 0 spiro atoms. The maximum atomic E-state index is 14.1. The average Bonchev–Trinajstić information content (AvgIpc) is 3.48. The summed E-state index contributed by atoms with van der Waals surface area (Å²) in [7, 11) is 0. The van der Waals surface area contributed by atoms with Crippen molar-refractivity contribution in [3.63, 3.8) is 0 Å². The SMILES string of the molecule is CCOc1ccc(F)cc1CCn1c(=O)n(C(C)(C)C(=O)NC(C)C)c(=O)c2c(C)c(-n3cccn3)sc21. The molecule has 0 aliphatic rings. The fourth-order valence-electron chi connectivity index (χ4n) is 4.44. The lowest BCUT2D eigenvalue weighted by Gasteiger charge is -2.27. The molecule has 0 unspecified atom stereocenters. The zero-order chi connectivity index (χ0) is 27.8. The highest BCUT2D eigenvalue weighted by molar-refractivity contribution is 7.21. The second-order valence-electron chi connectivity index (χ2n) is 9.86. The van der Waals surface area contributed by atoms with Crippen molar-refractivity contribution < 1.29 is 13.9 Å². The fraction of sp³-hybridized carbons (Fsp3) is 0.407. The standard InChI is InChI=1S/C27H32FN5O4S/c1-7-37-20-10-9-19(28)15-18(20)11-14-31-24-21(17(4)23(38-24)32-13-8-12-29-32)22(34)33(26(31)36)27(5,6)25(35)30-16(2)3/h8-10,12-13,15-16H,7,11,14H2,1-6H3,(H,30,35). The Morgan fingerprint density at radius 1 is 1.26 bits per heavy atom. The zero-order valence-electron chi connectivity index (χ0n) is 22.4. The van der Waals surface area contributed by atoms with Crippen molar-refractivity contribution in [2.45, 2.75) is 66.1 Å². The molecule has 0 atom stereocenters. The second-order valence-corrected chi connectivity index (χ2v) is 10.8. The molecule has 4 rings (SSSR count). The first-order valence-corrected chi connectivity index (χ1v) is 13.3. The summed E-state index contributed by atoms with van der Waals surface area (Å²) in [5.41, 5.74) is -1.37. The Labute approximate surface area is 223 Å². The van der Waals surface area contributed by atoms with E-state index in [9.17, 15) is 18.8 Å². The molecule has 0 aliphatic heterocycles. The Balaban J connectivity index is 1.95. The summed E-state index contributed by atoms with van der Waals surface area (Å²) in [6.45, 7) is 10.9. The summed E-state index contributed by atoms with van der Waals surface area (Å²) in [5.74, 6) is -0.324. The Morgan fingerprint density at radius 3 is 2.63 bits per heavy atom.